The SMILES string of the molecule is CCN1CCC2(CCc3cc(-n4cccn4)ccc3O2)CC1. The van der Waals surface area contributed by atoms with Gasteiger partial charge in [-0.1, -0.05) is 6.92 Å². The summed E-state index contributed by atoms with van der Waals surface area (Å²) in [5.41, 5.74) is 2.51. The van der Waals surface area contributed by atoms with Gasteiger partial charge in [0.2, 0.25) is 0 Å². The van der Waals surface area contributed by atoms with E-state index in [1.165, 1.54) is 5.56 Å². The molecule has 0 N–H and O–H groups in total. The third-order valence-corrected chi connectivity index (χ3v) is 5.20. The monoisotopic (exact) mass is 297 g/mol. The minimum absolute atomic E-state index is 0.0753. The van der Waals surface area contributed by atoms with Crippen LogP contribution >= 0.6 is 0 Å². The number of aryl methyl sites for hydroxylation is 1. The van der Waals surface area contributed by atoms with Crippen LogP contribution in [-0.2, 0) is 6.42 Å². The van der Waals surface area contributed by atoms with Crippen LogP contribution in [0, 0.1) is 0 Å². The van der Waals surface area contributed by atoms with E-state index >= 15 is 0 Å². The van der Waals surface area contributed by atoms with E-state index in [4.69, 9.17) is 4.74 Å². The molecule has 0 bridgehead atoms. The highest BCUT2D eigenvalue weighted by Gasteiger charge is 2.39. The quantitative estimate of drug-likeness (QED) is 0.853. The van der Waals surface area contributed by atoms with Crippen molar-refractivity contribution in [3.63, 3.8) is 0 Å². The number of ether oxygens (including phenoxy) is 1. The van der Waals surface area contributed by atoms with Crippen LogP contribution in [0.2, 0.25) is 0 Å². The average Bonchev–Trinajstić information content (AvgIpc) is 3.10. The molecule has 1 saturated heterocycles. The topological polar surface area (TPSA) is 30.3 Å². The van der Waals surface area contributed by atoms with Gasteiger partial charge < -0.3 is 9.64 Å². The minimum Gasteiger partial charge on any atom is -0.487 e. The minimum atomic E-state index is 0.0753. The maximum absolute atomic E-state index is 6.47. The Morgan fingerprint density at radius 2 is 2.09 bits per heavy atom. The van der Waals surface area contributed by atoms with Crippen LogP contribution in [0.3, 0.4) is 0 Å². The number of aromatic nitrogens is 2. The molecule has 4 heteroatoms. The molecule has 22 heavy (non-hydrogen) atoms. The van der Waals surface area contributed by atoms with Crippen LogP contribution in [0.25, 0.3) is 5.69 Å². The second kappa shape index (κ2) is 5.43. The molecule has 3 heterocycles. The molecule has 0 atom stereocenters. The molecule has 4 nitrogen and oxygen atoms in total. The lowest BCUT2D eigenvalue weighted by molar-refractivity contribution is -0.0132. The van der Waals surface area contributed by atoms with Crippen LogP contribution in [0.4, 0.5) is 0 Å². The van der Waals surface area contributed by atoms with Gasteiger partial charge in [0, 0.05) is 25.5 Å². The summed E-state index contributed by atoms with van der Waals surface area (Å²) in [6.07, 6.45) is 8.35. The van der Waals surface area contributed by atoms with Crippen molar-refractivity contribution in [2.45, 2.75) is 38.2 Å². The first-order chi connectivity index (χ1) is 10.8. The summed E-state index contributed by atoms with van der Waals surface area (Å²) in [6.45, 7) is 5.72. The Kier molecular flexibility index (Phi) is 3.41. The van der Waals surface area contributed by atoms with Crippen molar-refractivity contribution in [3.8, 4) is 11.4 Å². The van der Waals surface area contributed by atoms with E-state index in [0.29, 0.717) is 0 Å². The smallest absolute Gasteiger partial charge is 0.123 e. The molecule has 2 aliphatic heterocycles. The van der Waals surface area contributed by atoms with Crippen molar-refractivity contribution >= 4 is 0 Å². The molecule has 0 aliphatic carbocycles. The fraction of sp³-hybridized carbons (Fsp3) is 0.500. The van der Waals surface area contributed by atoms with E-state index < -0.39 is 0 Å². The van der Waals surface area contributed by atoms with Crippen LogP contribution < -0.4 is 4.74 Å². The van der Waals surface area contributed by atoms with Crippen molar-refractivity contribution in [2.24, 2.45) is 0 Å². The molecule has 0 saturated carbocycles. The Balaban J connectivity index is 1.55. The van der Waals surface area contributed by atoms with Crippen molar-refractivity contribution in [2.75, 3.05) is 19.6 Å². The highest BCUT2D eigenvalue weighted by molar-refractivity contribution is 5.45. The molecule has 0 amide bonds. The van der Waals surface area contributed by atoms with Gasteiger partial charge >= 0.3 is 0 Å². The predicted octanol–water partition coefficient (Wildman–Crippen LogP) is 3.05. The Labute approximate surface area is 131 Å². The van der Waals surface area contributed by atoms with Crippen molar-refractivity contribution in [1.82, 2.24) is 14.7 Å². The zero-order chi connectivity index (χ0) is 15.0. The number of rotatable bonds is 2. The number of hydrogen-bond acceptors (Lipinski definition) is 3. The fourth-order valence-corrected chi connectivity index (χ4v) is 3.70. The molecule has 1 spiro atoms. The number of likely N-dealkylation sites (tertiary alicyclic amines) is 1. The maximum Gasteiger partial charge on any atom is 0.123 e. The summed E-state index contributed by atoms with van der Waals surface area (Å²) in [4.78, 5) is 2.52. The highest BCUT2D eigenvalue weighted by atomic mass is 16.5. The Hall–Kier alpha value is -1.81. The molecule has 0 radical (unpaired) electrons. The number of nitrogens with zero attached hydrogens (tertiary/aromatic N) is 3. The summed E-state index contributed by atoms with van der Waals surface area (Å²) < 4.78 is 8.38. The lowest BCUT2D eigenvalue weighted by Gasteiger charge is -2.44. The van der Waals surface area contributed by atoms with E-state index in [9.17, 15) is 0 Å². The predicted molar refractivity (Wildman–Crippen MR) is 86.6 cm³/mol. The van der Waals surface area contributed by atoms with E-state index in [-0.39, 0.29) is 5.60 Å². The van der Waals surface area contributed by atoms with Crippen molar-refractivity contribution in [3.05, 3.63) is 42.2 Å². The van der Waals surface area contributed by atoms with Crippen LogP contribution in [0.1, 0.15) is 31.7 Å². The summed E-state index contributed by atoms with van der Waals surface area (Å²) in [7, 11) is 0. The molecule has 1 aromatic carbocycles. The van der Waals surface area contributed by atoms with Gasteiger partial charge in [0.25, 0.3) is 0 Å². The molecule has 116 valence electrons. The second-order valence-electron chi connectivity index (χ2n) is 6.46. The van der Waals surface area contributed by atoms with E-state index in [2.05, 4.69) is 35.1 Å². The number of fused-ring (bicyclic) bond motifs is 1. The van der Waals surface area contributed by atoms with Crippen molar-refractivity contribution in [1.29, 1.82) is 0 Å². The van der Waals surface area contributed by atoms with E-state index in [1.54, 1.807) is 0 Å². The number of benzene rings is 1. The first kappa shape index (κ1) is 13.8. The molecule has 4 rings (SSSR count). The van der Waals surface area contributed by atoms with E-state index in [0.717, 1.165) is 56.8 Å². The van der Waals surface area contributed by atoms with Gasteiger partial charge in [-0.25, -0.2) is 4.68 Å². The highest BCUT2D eigenvalue weighted by Crippen LogP contribution is 2.39. The Morgan fingerprint density at radius 3 is 2.82 bits per heavy atom. The average molecular weight is 297 g/mol. The van der Waals surface area contributed by atoms with Gasteiger partial charge in [-0.15, -0.1) is 0 Å². The zero-order valence-corrected chi connectivity index (χ0v) is 13.2. The molecule has 2 aliphatic rings. The fourth-order valence-electron chi connectivity index (χ4n) is 3.70. The third-order valence-electron chi connectivity index (χ3n) is 5.20. The van der Waals surface area contributed by atoms with Crippen molar-refractivity contribution < 1.29 is 4.74 Å². The lowest BCUT2D eigenvalue weighted by atomic mass is 9.83. The van der Waals surface area contributed by atoms with Gasteiger partial charge in [0.05, 0.1) is 5.69 Å². The van der Waals surface area contributed by atoms with E-state index in [1.807, 2.05) is 23.1 Å². The molecule has 0 unspecified atom stereocenters. The molecule has 1 fully saturated rings. The summed E-state index contributed by atoms with van der Waals surface area (Å²) in [5.74, 6) is 1.08. The molecule has 1 aromatic heterocycles. The first-order valence-corrected chi connectivity index (χ1v) is 8.32. The van der Waals surface area contributed by atoms with Gasteiger partial charge in [-0.05, 0) is 62.1 Å². The van der Waals surface area contributed by atoms with Crippen LogP contribution in [0.15, 0.2) is 36.7 Å². The van der Waals surface area contributed by atoms with Crippen LogP contribution in [-0.4, -0.2) is 39.9 Å². The normalized spacial score (nSPS) is 20.6. The number of piperidine rings is 1. The summed E-state index contributed by atoms with van der Waals surface area (Å²) in [5, 5.41) is 4.31. The van der Waals surface area contributed by atoms with Gasteiger partial charge in [-0.2, -0.15) is 5.10 Å². The standard InChI is InChI=1S/C18H23N3O/c1-2-20-12-8-18(9-13-20)7-6-15-14-16(4-5-17(15)22-18)21-11-3-10-19-21/h3-5,10-11,14H,2,6-9,12-13H2,1H3. The van der Waals surface area contributed by atoms with Gasteiger partial charge in [0.1, 0.15) is 11.4 Å². The maximum atomic E-state index is 6.47. The van der Waals surface area contributed by atoms with Gasteiger partial charge in [0.15, 0.2) is 0 Å². The second-order valence-corrected chi connectivity index (χ2v) is 6.46. The largest absolute Gasteiger partial charge is 0.487 e. The van der Waals surface area contributed by atoms with Crippen LogP contribution in [0.5, 0.6) is 5.75 Å². The molecular weight excluding hydrogens is 274 g/mol. The Morgan fingerprint density at radius 1 is 1.23 bits per heavy atom. The molecular formula is C18H23N3O. The molecule has 2 aromatic rings. The summed E-state index contributed by atoms with van der Waals surface area (Å²) >= 11 is 0. The third kappa shape index (κ3) is 2.41. The first-order valence-electron chi connectivity index (χ1n) is 8.32. The lowest BCUT2D eigenvalue weighted by Crippen LogP contribution is -2.49. The number of hydrogen-bond donors (Lipinski definition) is 0. The summed E-state index contributed by atoms with van der Waals surface area (Å²) in [6, 6.07) is 8.40. The van der Waals surface area contributed by atoms with Gasteiger partial charge in [-0.3, -0.25) is 0 Å². The zero-order valence-electron chi connectivity index (χ0n) is 13.2. The Bertz CT molecular complexity index is 642.